The Morgan fingerprint density at radius 2 is 1.93 bits per heavy atom. The summed E-state index contributed by atoms with van der Waals surface area (Å²) in [5.74, 6) is 1.61. The van der Waals surface area contributed by atoms with Gasteiger partial charge in [0.2, 0.25) is 11.8 Å². The highest BCUT2D eigenvalue weighted by Gasteiger charge is 2.46. The summed E-state index contributed by atoms with van der Waals surface area (Å²) < 4.78 is 0. The Hall–Kier alpha value is -1.92. The molecule has 2 fully saturated rings. The van der Waals surface area contributed by atoms with Crippen LogP contribution >= 0.6 is 0 Å². The zero-order valence-corrected chi connectivity index (χ0v) is 16.6. The lowest BCUT2D eigenvalue weighted by molar-refractivity contribution is -0.138. The predicted molar refractivity (Wildman–Crippen MR) is 103 cm³/mol. The maximum Gasteiger partial charge on any atom is 0.253 e. The zero-order chi connectivity index (χ0) is 19.4. The van der Waals surface area contributed by atoms with E-state index in [2.05, 4.69) is 19.2 Å². The van der Waals surface area contributed by atoms with Gasteiger partial charge in [0.15, 0.2) is 0 Å². The number of carbonyl (C=O) groups is 3. The molecule has 0 aliphatic carbocycles. The maximum atomic E-state index is 12.5. The molecule has 0 saturated carbocycles. The fourth-order valence-corrected chi connectivity index (χ4v) is 4.08. The predicted octanol–water partition coefficient (Wildman–Crippen LogP) is 1.71. The van der Waals surface area contributed by atoms with Crippen molar-refractivity contribution in [2.75, 3.05) is 26.2 Å². The SMILES string of the molecule is CC(C)CCC1=NC2(CCN(C(=O)CCN3CCCCC3=O)CC2)C(=O)N1. The van der Waals surface area contributed by atoms with Gasteiger partial charge in [0.1, 0.15) is 11.4 Å². The van der Waals surface area contributed by atoms with E-state index in [0.29, 0.717) is 51.2 Å². The topological polar surface area (TPSA) is 82.1 Å². The van der Waals surface area contributed by atoms with Gasteiger partial charge in [-0.25, -0.2) is 0 Å². The number of nitrogens with one attached hydrogen (secondary N) is 1. The van der Waals surface area contributed by atoms with Crippen LogP contribution in [0.15, 0.2) is 4.99 Å². The van der Waals surface area contributed by atoms with E-state index in [-0.39, 0.29) is 17.7 Å². The molecule has 3 heterocycles. The van der Waals surface area contributed by atoms with Crippen LogP contribution < -0.4 is 5.32 Å². The van der Waals surface area contributed by atoms with Gasteiger partial charge in [0.05, 0.1) is 0 Å². The summed E-state index contributed by atoms with van der Waals surface area (Å²) in [5, 5.41) is 2.95. The Kier molecular flexibility index (Phi) is 6.17. The van der Waals surface area contributed by atoms with Crippen molar-refractivity contribution in [1.82, 2.24) is 15.1 Å². The smallest absolute Gasteiger partial charge is 0.253 e. The molecule has 0 bridgehead atoms. The van der Waals surface area contributed by atoms with Crippen LogP contribution in [0.25, 0.3) is 0 Å². The summed E-state index contributed by atoms with van der Waals surface area (Å²) in [7, 11) is 0. The molecule has 1 N–H and O–H groups in total. The van der Waals surface area contributed by atoms with E-state index in [4.69, 9.17) is 4.99 Å². The number of hydrogen-bond acceptors (Lipinski definition) is 4. The second-order valence-electron chi connectivity index (χ2n) is 8.45. The molecule has 3 aliphatic heterocycles. The summed E-state index contributed by atoms with van der Waals surface area (Å²) in [6.45, 7) is 6.71. The number of nitrogens with zero attached hydrogens (tertiary/aromatic N) is 3. The lowest BCUT2D eigenvalue weighted by Crippen LogP contribution is -2.51. The third kappa shape index (κ3) is 4.68. The summed E-state index contributed by atoms with van der Waals surface area (Å²) in [6.07, 6.45) is 5.93. The van der Waals surface area contributed by atoms with E-state index in [0.717, 1.165) is 38.1 Å². The molecule has 0 unspecified atom stereocenters. The molecule has 7 nitrogen and oxygen atoms in total. The molecule has 150 valence electrons. The van der Waals surface area contributed by atoms with E-state index in [1.165, 1.54) is 0 Å². The van der Waals surface area contributed by atoms with E-state index in [9.17, 15) is 14.4 Å². The lowest BCUT2D eigenvalue weighted by Gasteiger charge is -2.36. The van der Waals surface area contributed by atoms with Crippen LogP contribution in [0.1, 0.15) is 65.2 Å². The van der Waals surface area contributed by atoms with Crippen molar-refractivity contribution in [3.05, 3.63) is 0 Å². The number of aliphatic imine (C=N–C) groups is 1. The Morgan fingerprint density at radius 3 is 2.59 bits per heavy atom. The Morgan fingerprint density at radius 1 is 1.19 bits per heavy atom. The first-order chi connectivity index (χ1) is 12.9. The fraction of sp³-hybridized carbons (Fsp3) is 0.800. The second-order valence-corrected chi connectivity index (χ2v) is 8.45. The second kappa shape index (κ2) is 8.40. The van der Waals surface area contributed by atoms with Gasteiger partial charge in [0.25, 0.3) is 5.91 Å². The first-order valence-electron chi connectivity index (χ1n) is 10.4. The summed E-state index contributed by atoms with van der Waals surface area (Å²) in [6, 6.07) is 0. The van der Waals surface area contributed by atoms with Crippen LogP contribution in [-0.4, -0.2) is 65.1 Å². The highest BCUT2D eigenvalue weighted by Crippen LogP contribution is 2.31. The van der Waals surface area contributed by atoms with Gasteiger partial charge in [-0.3, -0.25) is 19.4 Å². The molecule has 0 aromatic carbocycles. The molecule has 0 aromatic heterocycles. The normalized spacial score (nSPS) is 22.4. The largest absolute Gasteiger partial charge is 0.342 e. The quantitative estimate of drug-likeness (QED) is 0.766. The van der Waals surface area contributed by atoms with Gasteiger partial charge in [0, 0.05) is 45.4 Å². The molecule has 3 amide bonds. The Labute approximate surface area is 161 Å². The van der Waals surface area contributed by atoms with Gasteiger partial charge in [-0.2, -0.15) is 0 Å². The minimum atomic E-state index is -0.675. The van der Waals surface area contributed by atoms with Crippen LogP contribution in [0.4, 0.5) is 0 Å². The summed E-state index contributed by atoms with van der Waals surface area (Å²) in [4.78, 5) is 45.2. The van der Waals surface area contributed by atoms with Crippen LogP contribution in [-0.2, 0) is 14.4 Å². The van der Waals surface area contributed by atoms with Crippen LogP contribution in [0, 0.1) is 5.92 Å². The van der Waals surface area contributed by atoms with Crippen LogP contribution in [0.5, 0.6) is 0 Å². The van der Waals surface area contributed by atoms with Crippen molar-refractivity contribution in [3.8, 4) is 0 Å². The van der Waals surface area contributed by atoms with E-state index in [1.54, 1.807) is 0 Å². The fourth-order valence-electron chi connectivity index (χ4n) is 4.08. The molecule has 3 aliphatic rings. The minimum absolute atomic E-state index is 0.00716. The third-order valence-corrected chi connectivity index (χ3v) is 5.95. The van der Waals surface area contributed by atoms with Crippen molar-refractivity contribution in [2.24, 2.45) is 10.9 Å². The van der Waals surface area contributed by atoms with Gasteiger partial charge in [-0.05, 0) is 38.0 Å². The van der Waals surface area contributed by atoms with Gasteiger partial charge < -0.3 is 15.1 Å². The molecule has 1 spiro atoms. The molecule has 0 aromatic rings. The van der Waals surface area contributed by atoms with E-state index < -0.39 is 5.54 Å². The Bertz CT molecular complexity index is 621. The summed E-state index contributed by atoms with van der Waals surface area (Å²) in [5.41, 5.74) is -0.675. The van der Waals surface area contributed by atoms with Gasteiger partial charge >= 0.3 is 0 Å². The number of likely N-dealkylation sites (tertiary alicyclic amines) is 2. The standard InChI is InChI=1S/C20H32N4O3/c1-15(2)6-7-16-21-19(27)20(22-16)9-13-24(14-10-20)18(26)8-12-23-11-4-3-5-17(23)25/h15H,3-14H2,1-2H3,(H,21,22,27). The third-order valence-electron chi connectivity index (χ3n) is 5.95. The van der Waals surface area contributed by atoms with Gasteiger partial charge in [-0.15, -0.1) is 0 Å². The van der Waals surface area contributed by atoms with Crippen molar-refractivity contribution < 1.29 is 14.4 Å². The van der Waals surface area contributed by atoms with Crippen molar-refractivity contribution >= 4 is 23.6 Å². The number of piperidine rings is 2. The molecule has 7 heteroatoms. The highest BCUT2D eigenvalue weighted by atomic mass is 16.2. The first kappa shape index (κ1) is 19.8. The summed E-state index contributed by atoms with van der Waals surface area (Å²) >= 11 is 0. The van der Waals surface area contributed by atoms with E-state index in [1.807, 2.05) is 9.80 Å². The monoisotopic (exact) mass is 376 g/mol. The zero-order valence-electron chi connectivity index (χ0n) is 16.6. The highest BCUT2D eigenvalue weighted by molar-refractivity contribution is 6.08. The van der Waals surface area contributed by atoms with Gasteiger partial charge in [-0.1, -0.05) is 13.8 Å². The average Bonchev–Trinajstić information content (AvgIpc) is 2.95. The number of carbonyl (C=O) groups excluding carboxylic acids is 3. The number of rotatable bonds is 6. The van der Waals surface area contributed by atoms with E-state index >= 15 is 0 Å². The van der Waals surface area contributed by atoms with Crippen molar-refractivity contribution in [3.63, 3.8) is 0 Å². The minimum Gasteiger partial charge on any atom is -0.342 e. The molecular formula is C20H32N4O3. The van der Waals surface area contributed by atoms with Crippen LogP contribution in [0.3, 0.4) is 0 Å². The number of hydrogen-bond donors (Lipinski definition) is 1. The molecule has 0 radical (unpaired) electrons. The van der Waals surface area contributed by atoms with Crippen molar-refractivity contribution in [1.29, 1.82) is 0 Å². The number of amidine groups is 1. The molecular weight excluding hydrogens is 344 g/mol. The average molecular weight is 377 g/mol. The first-order valence-corrected chi connectivity index (χ1v) is 10.4. The number of amides is 3. The Balaban J connectivity index is 1.48. The molecule has 27 heavy (non-hydrogen) atoms. The van der Waals surface area contributed by atoms with Crippen molar-refractivity contribution in [2.45, 2.75) is 70.8 Å². The maximum absolute atomic E-state index is 12.5. The molecule has 3 rings (SSSR count). The molecule has 0 atom stereocenters. The van der Waals surface area contributed by atoms with Crippen LogP contribution in [0.2, 0.25) is 0 Å². The lowest BCUT2D eigenvalue weighted by atomic mass is 9.88. The molecule has 2 saturated heterocycles.